The van der Waals surface area contributed by atoms with Gasteiger partial charge in [0.1, 0.15) is 10.7 Å². The topological polar surface area (TPSA) is 51.0 Å². The van der Waals surface area contributed by atoms with Gasteiger partial charge in [-0.3, -0.25) is 4.79 Å². The van der Waals surface area contributed by atoms with E-state index < -0.39 is 0 Å². The second-order valence-corrected chi connectivity index (χ2v) is 7.97. The summed E-state index contributed by atoms with van der Waals surface area (Å²) in [6, 6.07) is 0. The molecule has 1 aliphatic rings. The first-order chi connectivity index (χ1) is 11.5. The molecule has 0 aliphatic carbocycles. The molecule has 2 aromatic rings. The summed E-state index contributed by atoms with van der Waals surface area (Å²) in [6.45, 7) is 10.8. The van der Waals surface area contributed by atoms with Crippen molar-refractivity contribution in [1.29, 1.82) is 0 Å². The molecule has 0 spiro atoms. The molecular formula is C18H26N4OS. The van der Waals surface area contributed by atoms with Gasteiger partial charge < -0.3 is 9.47 Å². The largest absolute Gasteiger partial charge is 0.338 e. The fourth-order valence-corrected chi connectivity index (χ4v) is 4.42. The van der Waals surface area contributed by atoms with E-state index in [1.807, 2.05) is 24.9 Å². The summed E-state index contributed by atoms with van der Waals surface area (Å²) < 4.78 is 2.29. The van der Waals surface area contributed by atoms with Crippen LogP contribution in [-0.4, -0.2) is 38.4 Å². The van der Waals surface area contributed by atoms with Crippen LogP contribution in [-0.2, 0) is 6.54 Å². The number of imidazole rings is 1. The summed E-state index contributed by atoms with van der Waals surface area (Å²) >= 11 is 1.52. The standard InChI is InChI=1S/C18H26N4OS/c1-12-11-19-14(3)22(12)10-7-16-5-8-21(9-6-16)18(23)17-13(2)20-15(4)24-17/h11,16H,5-10H2,1-4H3. The number of carbonyl (C=O) groups excluding carboxylic acids is 1. The molecule has 3 heterocycles. The molecule has 0 atom stereocenters. The Bertz CT molecular complexity index is 706. The van der Waals surface area contributed by atoms with Crippen LogP contribution >= 0.6 is 11.3 Å². The van der Waals surface area contributed by atoms with Crippen molar-refractivity contribution in [3.63, 3.8) is 0 Å². The van der Waals surface area contributed by atoms with Crippen molar-refractivity contribution in [1.82, 2.24) is 19.4 Å². The van der Waals surface area contributed by atoms with Crippen molar-refractivity contribution in [2.45, 2.75) is 53.5 Å². The SMILES string of the molecule is Cc1nc(C)c(C(=O)N2CCC(CCn3c(C)cnc3C)CC2)s1. The number of aryl methyl sites for hydroxylation is 4. The van der Waals surface area contributed by atoms with Gasteiger partial charge in [0.25, 0.3) is 5.91 Å². The van der Waals surface area contributed by atoms with Crippen molar-refractivity contribution in [2.24, 2.45) is 5.92 Å². The van der Waals surface area contributed by atoms with Crippen LogP contribution < -0.4 is 0 Å². The number of hydrogen-bond acceptors (Lipinski definition) is 4. The van der Waals surface area contributed by atoms with Gasteiger partial charge in [-0.15, -0.1) is 11.3 Å². The van der Waals surface area contributed by atoms with Crippen LogP contribution in [0.15, 0.2) is 6.20 Å². The number of rotatable bonds is 4. The summed E-state index contributed by atoms with van der Waals surface area (Å²) in [7, 11) is 0. The Hall–Kier alpha value is -1.69. The van der Waals surface area contributed by atoms with Crippen molar-refractivity contribution in [3.05, 3.63) is 33.3 Å². The lowest BCUT2D eigenvalue weighted by Crippen LogP contribution is -2.38. The Balaban J connectivity index is 1.52. The number of amides is 1. The minimum Gasteiger partial charge on any atom is -0.338 e. The van der Waals surface area contributed by atoms with Gasteiger partial charge in [-0.1, -0.05) is 0 Å². The Morgan fingerprint density at radius 1 is 1.25 bits per heavy atom. The predicted octanol–water partition coefficient (Wildman–Crippen LogP) is 3.52. The van der Waals surface area contributed by atoms with Gasteiger partial charge in [-0.2, -0.15) is 0 Å². The summed E-state index contributed by atoms with van der Waals surface area (Å²) in [6.07, 6.45) is 5.29. The summed E-state index contributed by atoms with van der Waals surface area (Å²) in [4.78, 5) is 24.2. The van der Waals surface area contributed by atoms with Gasteiger partial charge in [0.2, 0.25) is 0 Å². The third kappa shape index (κ3) is 3.53. The first-order valence-electron chi connectivity index (χ1n) is 8.67. The van der Waals surface area contributed by atoms with E-state index in [1.165, 1.54) is 23.5 Å². The average molecular weight is 347 g/mol. The molecule has 1 aliphatic heterocycles. The molecule has 130 valence electrons. The number of hydrogen-bond donors (Lipinski definition) is 0. The first kappa shape index (κ1) is 17.1. The first-order valence-corrected chi connectivity index (χ1v) is 9.49. The van der Waals surface area contributed by atoms with Crippen molar-refractivity contribution in [3.8, 4) is 0 Å². The molecule has 0 bridgehead atoms. The number of carbonyl (C=O) groups is 1. The number of likely N-dealkylation sites (tertiary alicyclic amines) is 1. The maximum absolute atomic E-state index is 12.7. The molecule has 2 aromatic heterocycles. The molecule has 1 fully saturated rings. The molecule has 0 N–H and O–H groups in total. The third-order valence-electron chi connectivity index (χ3n) is 5.02. The fourth-order valence-electron chi connectivity index (χ4n) is 3.53. The lowest BCUT2D eigenvalue weighted by atomic mass is 9.93. The van der Waals surface area contributed by atoms with E-state index in [4.69, 9.17) is 0 Å². The summed E-state index contributed by atoms with van der Waals surface area (Å²) in [5.74, 6) is 1.95. The van der Waals surface area contributed by atoms with Crippen LogP contribution in [0.25, 0.3) is 0 Å². The van der Waals surface area contributed by atoms with E-state index in [2.05, 4.69) is 28.4 Å². The molecular weight excluding hydrogens is 320 g/mol. The fraction of sp³-hybridized carbons (Fsp3) is 0.611. The molecule has 1 saturated heterocycles. The zero-order chi connectivity index (χ0) is 17.3. The van der Waals surface area contributed by atoms with Crippen molar-refractivity contribution >= 4 is 17.2 Å². The lowest BCUT2D eigenvalue weighted by molar-refractivity contribution is 0.0689. The minimum absolute atomic E-state index is 0.165. The number of aromatic nitrogens is 3. The third-order valence-corrected chi connectivity index (χ3v) is 6.08. The van der Waals surface area contributed by atoms with Gasteiger partial charge in [0, 0.05) is 31.5 Å². The monoisotopic (exact) mass is 346 g/mol. The highest BCUT2D eigenvalue weighted by Gasteiger charge is 2.26. The van der Waals surface area contributed by atoms with Crippen molar-refractivity contribution < 1.29 is 4.79 Å². The number of nitrogens with zero attached hydrogens (tertiary/aromatic N) is 4. The van der Waals surface area contributed by atoms with Crippen LogP contribution in [0.3, 0.4) is 0 Å². The zero-order valence-electron chi connectivity index (χ0n) is 15.0. The van der Waals surface area contributed by atoms with Gasteiger partial charge >= 0.3 is 0 Å². The molecule has 5 nitrogen and oxygen atoms in total. The summed E-state index contributed by atoms with van der Waals surface area (Å²) in [5, 5.41) is 0.969. The van der Waals surface area contributed by atoms with Gasteiger partial charge in [-0.25, -0.2) is 9.97 Å². The normalized spacial score (nSPS) is 15.9. The lowest BCUT2D eigenvalue weighted by Gasteiger charge is -2.32. The van der Waals surface area contributed by atoms with Crippen LogP contribution in [0.1, 0.15) is 51.2 Å². The van der Waals surface area contributed by atoms with Crippen LogP contribution in [0, 0.1) is 33.6 Å². The van der Waals surface area contributed by atoms with Crippen molar-refractivity contribution in [2.75, 3.05) is 13.1 Å². The Morgan fingerprint density at radius 2 is 1.96 bits per heavy atom. The molecule has 6 heteroatoms. The van der Waals surface area contributed by atoms with Gasteiger partial charge in [-0.05, 0) is 52.9 Å². The predicted molar refractivity (Wildman–Crippen MR) is 96.5 cm³/mol. The van der Waals surface area contributed by atoms with E-state index in [0.717, 1.165) is 53.9 Å². The molecule has 1 amide bonds. The second-order valence-electron chi connectivity index (χ2n) is 6.77. The van der Waals surface area contributed by atoms with Crippen LogP contribution in [0.4, 0.5) is 0 Å². The Morgan fingerprint density at radius 3 is 2.50 bits per heavy atom. The minimum atomic E-state index is 0.165. The highest BCUT2D eigenvalue weighted by atomic mass is 32.1. The quantitative estimate of drug-likeness (QED) is 0.851. The van der Waals surface area contributed by atoms with Gasteiger partial charge in [0.15, 0.2) is 0 Å². The van der Waals surface area contributed by atoms with E-state index in [-0.39, 0.29) is 5.91 Å². The highest BCUT2D eigenvalue weighted by molar-refractivity contribution is 7.13. The van der Waals surface area contributed by atoms with E-state index in [1.54, 1.807) is 0 Å². The average Bonchev–Trinajstić information content (AvgIpc) is 3.07. The van der Waals surface area contributed by atoms with Crippen LogP contribution in [0.5, 0.6) is 0 Å². The highest BCUT2D eigenvalue weighted by Crippen LogP contribution is 2.25. The molecule has 3 rings (SSSR count). The molecule has 0 aromatic carbocycles. The molecule has 24 heavy (non-hydrogen) atoms. The summed E-state index contributed by atoms with van der Waals surface area (Å²) in [5.41, 5.74) is 2.10. The van der Waals surface area contributed by atoms with E-state index in [9.17, 15) is 4.79 Å². The maximum Gasteiger partial charge on any atom is 0.265 e. The zero-order valence-corrected chi connectivity index (χ0v) is 15.8. The Labute approximate surface area is 147 Å². The molecule has 0 radical (unpaired) electrons. The second kappa shape index (κ2) is 7.05. The number of thiazole rings is 1. The molecule has 0 saturated carbocycles. The van der Waals surface area contributed by atoms with Gasteiger partial charge in [0.05, 0.1) is 10.7 Å². The maximum atomic E-state index is 12.7. The van der Waals surface area contributed by atoms with E-state index in [0.29, 0.717) is 5.92 Å². The Kier molecular flexibility index (Phi) is 5.04. The smallest absolute Gasteiger partial charge is 0.265 e. The number of piperidine rings is 1. The van der Waals surface area contributed by atoms with Crippen LogP contribution in [0.2, 0.25) is 0 Å². The molecule has 0 unspecified atom stereocenters. The van der Waals surface area contributed by atoms with E-state index >= 15 is 0 Å².